The van der Waals surface area contributed by atoms with Crippen molar-refractivity contribution in [1.82, 2.24) is 10.6 Å². The van der Waals surface area contributed by atoms with Crippen LogP contribution in [0.1, 0.15) is 43.7 Å². The molecule has 2 atom stereocenters. The van der Waals surface area contributed by atoms with E-state index in [4.69, 9.17) is 0 Å². The molecule has 2 rings (SSSR count). The Hall–Kier alpha value is -1.84. The molecule has 1 aromatic rings. The van der Waals surface area contributed by atoms with Gasteiger partial charge in [0.05, 0.1) is 0 Å². The molecule has 1 aliphatic carbocycles. The lowest BCUT2D eigenvalue weighted by atomic mass is 9.86. The molecule has 2 amide bonds. The summed E-state index contributed by atoms with van der Waals surface area (Å²) in [7, 11) is 0. The summed E-state index contributed by atoms with van der Waals surface area (Å²) < 4.78 is 0. The summed E-state index contributed by atoms with van der Waals surface area (Å²) in [6.07, 6.45) is 4.43. The molecule has 2 unspecified atom stereocenters. The highest BCUT2D eigenvalue weighted by molar-refractivity contribution is 6.35. The fourth-order valence-electron chi connectivity index (χ4n) is 2.73. The zero-order valence-corrected chi connectivity index (χ0v) is 12.8. The van der Waals surface area contributed by atoms with E-state index >= 15 is 0 Å². The summed E-state index contributed by atoms with van der Waals surface area (Å²) >= 11 is 0. The largest absolute Gasteiger partial charge is 0.345 e. The normalized spacial score (nSPS) is 21.6. The third-order valence-corrected chi connectivity index (χ3v) is 4.21. The molecule has 2 N–H and O–H groups in total. The molecule has 1 aromatic carbocycles. The van der Waals surface area contributed by atoms with Crippen molar-refractivity contribution >= 4 is 11.8 Å². The van der Waals surface area contributed by atoms with Gasteiger partial charge >= 0.3 is 11.8 Å². The Morgan fingerprint density at radius 2 is 1.76 bits per heavy atom. The van der Waals surface area contributed by atoms with E-state index in [1.807, 2.05) is 31.2 Å². The first-order valence-corrected chi connectivity index (χ1v) is 7.70. The zero-order chi connectivity index (χ0) is 15.2. The molecule has 0 saturated heterocycles. The lowest BCUT2D eigenvalue weighted by molar-refractivity contribution is -0.140. The van der Waals surface area contributed by atoms with Crippen LogP contribution in [0.5, 0.6) is 0 Å². The molecule has 4 nitrogen and oxygen atoms in total. The van der Waals surface area contributed by atoms with Crippen LogP contribution >= 0.6 is 0 Å². The lowest BCUT2D eigenvalue weighted by Gasteiger charge is -2.29. The summed E-state index contributed by atoms with van der Waals surface area (Å²) in [6, 6.07) is 8.03. The van der Waals surface area contributed by atoms with E-state index in [9.17, 15) is 9.59 Å². The molecule has 0 heterocycles. The molecule has 0 aromatic heterocycles. The van der Waals surface area contributed by atoms with E-state index in [-0.39, 0.29) is 6.04 Å². The van der Waals surface area contributed by atoms with E-state index in [0.717, 1.165) is 24.8 Å². The topological polar surface area (TPSA) is 58.2 Å². The van der Waals surface area contributed by atoms with Gasteiger partial charge in [0.25, 0.3) is 0 Å². The van der Waals surface area contributed by atoms with Crippen molar-refractivity contribution in [3.05, 3.63) is 35.4 Å². The molecule has 0 aliphatic heterocycles. The van der Waals surface area contributed by atoms with Gasteiger partial charge in [0.2, 0.25) is 0 Å². The van der Waals surface area contributed by atoms with E-state index in [1.165, 1.54) is 12.0 Å². The first-order chi connectivity index (χ1) is 10.1. The second kappa shape index (κ2) is 7.25. The van der Waals surface area contributed by atoms with E-state index in [2.05, 4.69) is 17.6 Å². The number of aryl methyl sites for hydroxylation is 1. The van der Waals surface area contributed by atoms with Crippen molar-refractivity contribution in [1.29, 1.82) is 0 Å². The minimum Gasteiger partial charge on any atom is -0.345 e. The highest BCUT2D eigenvalue weighted by atomic mass is 16.2. The predicted molar refractivity (Wildman–Crippen MR) is 82.6 cm³/mol. The number of nitrogens with one attached hydrogen (secondary N) is 2. The Kier molecular flexibility index (Phi) is 5.37. The zero-order valence-electron chi connectivity index (χ0n) is 12.8. The molecule has 114 valence electrons. The molecule has 0 radical (unpaired) electrons. The number of hydrogen-bond donors (Lipinski definition) is 2. The van der Waals surface area contributed by atoms with Crippen molar-refractivity contribution in [3.63, 3.8) is 0 Å². The summed E-state index contributed by atoms with van der Waals surface area (Å²) in [4.78, 5) is 23.7. The molecule has 0 spiro atoms. The van der Waals surface area contributed by atoms with E-state index < -0.39 is 11.8 Å². The van der Waals surface area contributed by atoms with E-state index in [0.29, 0.717) is 12.5 Å². The molecule has 1 fully saturated rings. The van der Waals surface area contributed by atoms with Crippen molar-refractivity contribution in [2.75, 3.05) is 0 Å². The predicted octanol–water partition coefficient (Wildman–Crippen LogP) is 2.31. The molecule has 4 heteroatoms. The van der Waals surface area contributed by atoms with Crippen LogP contribution in [-0.2, 0) is 16.1 Å². The third kappa shape index (κ3) is 4.59. The highest BCUT2D eigenvalue weighted by Crippen LogP contribution is 2.23. The Labute approximate surface area is 126 Å². The van der Waals surface area contributed by atoms with Crippen LogP contribution in [0.25, 0.3) is 0 Å². The van der Waals surface area contributed by atoms with Crippen molar-refractivity contribution in [2.45, 2.75) is 52.1 Å². The molecular formula is C17H24N2O2. The maximum Gasteiger partial charge on any atom is 0.309 e. The number of amides is 2. The van der Waals surface area contributed by atoms with Gasteiger partial charge in [0, 0.05) is 12.6 Å². The standard InChI is InChI=1S/C17H24N2O2/c1-12-7-9-14(10-8-12)11-18-16(20)17(21)19-15-6-4-3-5-13(15)2/h7-10,13,15H,3-6,11H2,1-2H3,(H,18,20)(H,19,21). The van der Waals surface area contributed by atoms with Gasteiger partial charge in [-0.2, -0.15) is 0 Å². The number of benzene rings is 1. The molecule has 1 aliphatic rings. The fourth-order valence-corrected chi connectivity index (χ4v) is 2.73. The van der Waals surface area contributed by atoms with Crippen LogP contribution in [0.2, 0.25) is 0 Å². The highest BCUT2D eigenvalue weighted by Gasteiger charge is 2.25. The fraction of sp³-hybridized carbons (Fsp3) is 0.529. The number of carbonyl (C=O) groups is 2. The average Bonchev–Trinajstić information content (AvgIpc) is 2.48. The van der Waals surface area contributed by atoms with Crippen molar-refractivity contribution in [3.8, 4) is 0 Å². The van der Waals surface area contributed by atoms with E-state index in [1.54, 1.807) is 0 Å². The van der Waals surface area contributed by atoms with Crippen LogP contribution in [0.3, 0.4) is 0 Å². The quantitative estimate of drug-likeness (QED) is 0.839. The first-order valence-electron chi connectivity index (χ1n) is 7.70. The molecule has 1 saturated carbocycles. The maximum absolute atomic E-state index is 11.9. The van der Waals surface area contributed by atoms with Crippen LogP contribution < -0.4 is 10.6 Å². The van der Waals surface area contributed by atoms with Crippen LogP contribution in [0.4, 0.5) is 0 Å². The Balaban J connectivity index is 1.79. The van der Waals surface area contributed by atoms with Gasteiger partial charge in [-0.15, -0.1) is 0 Å². The SMILES string of the molecule is Cc1ccc(CNC(=O)C(=O)NC2CCCCC2C)cc1. The minimum atomic E-state index is -0.548. The lowest BCUT2D eigenvalue weighted by Crippen LogP contribution is -2.47. The number of hydrogen-bond acceptors (Lipinski definition) is 2. The Bertz CT molecular complexity index is 496. The molecule has 21 heavy (non-hydrogen) atoms. The summed E-state index contributed by atoms with van der Waals surface area (Å²) in [5.41, 5.74) is 2.17. The third-order valence-electron chi connectivity index (χ3n) is 4.21. The van der Waals surface area contributed by atoms with Crippen LogP contribution in [0.15, 0.2) is 24.3 Å². The smallest absolute Gasteiger partial charge is 0.309 e. The number of carbonyl (C=O) groups excluding carboxylic acids is 2. The van der Waals surface area contributed by atoms with Crippen molar-refractivity contribution in [2.24, 2.45) is 5.92 Å². The minimum absolute atomic E-state index is 0.136. The van der Waals surface area contributed by atoms with Crippen LogP contribution in [-0.4, -0.2) is 17.9 Å². The first kappa shape index (κ1) is 15.5. The van der Waals surface area contributed by atoms with Gasteiger partial charge in [0.15, 0.2) is 0 Å². The summed E-state index contributed by atoms with van der Waals surface area (Å²) in [5, 5.41) is 5.53. The van der Waals surface area contributed by atoms with Gasteiger partial charge < -0.3 is 10.6 Å². The monoisotopic (exact) mass is 288 g/mol. The maximum atomic E-state index is 11.9. The molecular weight excluding hydrogens is 264 g/mol. The van der Waals surface area contributed by atoms with Gasteiger partial charge in [-0.25, -0.2) is 0 Å². The number of rotatable bonds is 3. The van der Waals surface area contributed by atoms with Gasteiger partial charge in [-0.3, -0.25) is 9.59 Å². The average molecular weight is 288 g/mol. The Morgan fingerprint density at radius 3 is 2.43 bits per heavy atom. The van der Waals surface area contributed by atoms with Gasteiger partial charge in [0.1, 0.15) is 0 Å². The second-order valence-electron chi connectivity index (χ2n) is 6.01. The summed E-state index contributed by atoms with van der Waals surface area (Å²) in [5.74, 6) is -0.609. The van der Waals surface area contributed by atoms with Crippen LogP contribution in [0, 0.1) is 12.8 Å². The van der Waals surface area contributed by atoms with Gasteiger partial charge in [-0.1, -0.05) is 49.6 Å². The van der Waals surface area contributed by atoms with Crippen molar-refractivity contribution < 1.29 is 9.59 Å². The van der Waals surface area contributed by atoms with Gasteiger partial charge in [-0.05, 0) is 31.2 Å². The molecule has 0 bridgehead atoms. The Morgan fingerprint density at radius 1 is 1.10 bits per heavy atom. The second-order valence-corrected chi connectivity index (χ2v) is 6.01. The summed E-state index contributed by atoms with van der Waals surface area (Å²) in [6.45, 7) is 4.53.